The van der Waals surface area contributed by atoms with Gasteiger partial charge in [-0.1, -0.05) is 0 Å². The largest absolute Gasteiger partial charge is 0.418 e. The van der Waals surface area contributed by atoms with Gasteiger partial charge in [-0.15, -0.1) is 0 Å². The van der Waals surface area contributed by atoms with Crippen molar-refractivity contribution in [2.75, 3.05) is 18.4 Å². The lowest BCUT2D eigenvalue weighted by molar-refractivity contribution is -0.137. The van der Waals surface area contributed by atoms with E-state index in [9.17, 15) is 22.8 Å². The third-order valence-electron chi connectivity index (χ3n) is 4.28. The van der Waals surface area contributed by atoms with E-state index in [-0.39, 0.29) is 17.3 Å². The number of hydrogen-bond acceptors (Lipinski definition) is 4. The van der Waals surface area contributed by atoms with E-state index in [4.69, 9.17) is 0 Å². The molecule has 28 heavy (non-hydrogen) atoms. The molecule has 0 spiro atoms. The normalized spacial score (nSPS) is 15.6. The van der Waals surface area contributed by atoms with Gasteiger partial charge in [-0.3, -0.25) is 4.79 Å². The number of urea groups is 1. The van der Waals surface area contributed by atoms with E-state index >= 15 is 0 Å². The van der Waals surface area contributed by atoms with Crippen LogP contribution in [0.2, 0.25) is 0 Å². The first-order valence-electron chi connectivity index (χ1n) is 8.65. The lowest BCUT2D eigenvalue weighted by Gasteiger charge is -2.22. The van der Waals surface area contributed by atoms with Gasteiger partial charge in [0.2, 0.25) is 5.91 Å². The Morgan fingerprint density at radius 1 is 1.36 bits per heavy atom. The SMILES string of the molecule is CC(CN1CCCC1=O)NC(=O)Nc1ccc(-n2cncn2)cc1C(F)(F)F. The van der Waals surface area contributed by atoms with Crippen LogP contribution < -0.4 is 10.6 Å². The van der Waals surface area contributed by atoms with Crippen LogP contribution >= 0.6 is 0 Å². The third-order valence-corrected chi connectivity index (χ3v) is 4.28. The molecular formula is C17H19F3N6O2. The predicted molar refractivity (Wildman–Crippen MR) is 93.8 cm³/mol. The van der Waals surface area contributed by atoms with E-state index in [0.717, 1.165) is 18.6 Å². The number of rotatable bonds is 5. The molecule has 2 heterocycles. The van der Waals surface area contributed by atoms with Crippen LogP contribution in [0.25, 0.3) is 5.69 Å². The van der Waals surface area contributed by atoms with Crippen LogP contribution in [0.15, 0.2) is 30.9 Å². The molecule has 0 bridgehead atoms. The zero-order valence-electron chi connectivity index (χ0n) is 15.0. The summed E-state index contributed by atoms with van der Waals surface area (Å²) in [4.78, 5) is 29.1. The number of nitrogens with zero attached hydrogens (tertiary/aromatic N) is 4. The zero-order chi connectivity index (χ0) is 20.3. The van der Waals surface area contributed by atoms with Gasteiger partial charge < -0.3 is 15.5 Å². The Labute approximate surface area is 158 Å². The molecule has 11 heteroatoms. The number of nitrogens with one attached hydrogen (secondary N) is 2. The molecule has 2 N–H and O–H groups in total. The van der Waals surface area contributed by atoms with Gasteiger partial charge in [0, 0.05) is 25.6 Å². The summed E-state index contributed by atoms with van der Waals surface area (Å²) in [6.07, 6.45) is -0.945. The smallest absolute Gasteiger partial charge is 0.341 e. The molecule has 8 nitrogen and oxygen atoms in total. The van der Waals surface area contributed by atoms with Gasteiger partial charge in [-0.2, -0.15) is 18.3 Å². The first-order valence-corrected chi connectivity index (χ1v) is 8.65. The van der Waals surface area contributed by atoms with E-state index in [2.05, 4.69) is 20.7 Å². The monoisotopic (exact) mass is 396 g/mol. The molecule has 1 aliphatic heterocycles. The number of amides is 3. The van der Waals surface area contributed by atoms with Crippen LogP contribution in [0.5, 0.6) is 0 Å². The van der Waals surface area contributed by atoms with Crippen LogP contribution in [-0.2, 0) is 11.0 Å². The minimum absolute atomic E-state index is 0.0112. The minimum atomic E-state index is -4.67. The van der Waals surface area contributed by atoms with E-state index < -0.39 is 23.8 Å². The molecule has 1 fully saturated rings. The number of likely N-dealkylation sites (tertiary alicyclic amines) is 1. The Kier molecular flexibility index (Phi) is 5.52. The van der Waals surface area contributed by atoms with Crippen molar-refractivity contribution in [2.45, 2.75) is 32.0 Å². The lowest BCUT2D eigenvalue weighted by Crippen LogP contribution is -2.44. The van der Waals surface area contributed by atoms with Crippen molar-refractivity contribution >= 4 is 17.6 Å². The average Bonchev–Trinajstić information content (AvgIpc) is 3.27. The highest BCUT2D eigenvalue weighted by molar-refractivity contribution is 5.90. The van der Waals surface area contributed by atoms with Crippen molar-refractivity contribution in [1.29, 1.82) is 0 Å². The van der Waals surface area contributed by atoms with Crippen molar-refractivity contribution in [3.8, 4) is 5.69 Å². The van der Waals surface area contributed by atoms with Crippen LogP contribution in [0, 0.1) is 0 Å². The molecule has 0 aliphatic carbocycles. The van der Waals surface area contributed by atoms with Crippen LogP contribution in [0.1, 0.15) is 25.3 Å². The van der Waals surface area contributed by atoms with Crippen LogP contribution in [0.4, 0.5) is 23.7 Å². The number of hydrogen-bond donors (Lipinski definition) is 2. The molecule has 1 atom stereocenters. The van der Waals surface area contributed by atoms with E-state index in [1.165, 1.54) is 23.4 Å². The molecule has 1 aromatic heterocycles. The maximum atomic E-state index is 13.4. The maximum Gasteiger partial charge on any atom is 0.418 e. The highest BCUT2D eigenvalue weighted by Gasteiger charge is 2.34. The zero-order valence-corrected chi connectivity index (χ0v) is 15.0. The van der Waals surface area contributed by atoms with Crippen molar-refractivity contribution in [1.82, 2.24) is 25.0 Å². The molecule has 0 radical (unpaired) electrons. The van der Waals surface area contributed by atoms with E-state index in [0.29, 0.717) is 19.5 Å². The summed E-state index contributed by atoms with van der Waals surface area (Å²) in [5.74, 6) is 0.0112. The number of aromatic nitrogens is 3. The van der Waals surface area contributed by atoms with Crippen molar-refractivity contribution in [3.63, 3.8) is 0 Å². The van der Waals surface area contributed by atoms with Gasteiger partial charge in [0.1, 0.15) is 12.7 Å². The molecule has 3 rings (SSSR count). The number of anilines is 1. The van der Waals surface area contributed by atoms with Crippen molar-refractivity contribution in [3.05, 3.63) is 36.4 Å². The second kappa shape index (κ2) is 7.87. The first kappa shape index (κ1) is 19.6. The molecule has 150 valence electrons. The Hall–Kier alpha value is -3.11. The highest BCUT2D eigenvalue weighted by atomic mass is 19.4. The summed E-state index contributed by atoms with van der Waals surface area (Å²) in [6, 6.07) is 2.25. The first-order chi connectivity index (χ1) is 13.2. The molecule has 1 aromatic carbocycles. The summed E-state index contributed by atoms with van der Waals surface area (Å²) in [7, 11) is 0. The highest BCUT2D eigenvalue weighted by Crippen LogP contribution is 2.36. The summed E-state index contributed by atoms with van der Waals surface area (Å²) >= 11 is 0. The molecular weight excluding hydrogens is 377 g/mol. The average molecular weight is 396 g/mol. The van der Waals surface area contributed by atoms with Gasteiger partial charge >= 0.3 is 12.2 Å². The van der Waals surface area contributed by atoms with Gasteiger partial charge in [0.05, 0.1) is 16.9 Å². The Balaban J connectivity index is 1.70. The molecule has 1 aliphatic rings. The summed E-state index contributed by atoms with van der Waals surface area (Å²) in [5.41, 5.74) is -1.21. The number of benzene rings is 1. The number of carbonyl (C=O) groups is 2. The molecule has 3 amide bonds. The van der Waals surface area contributed by atoms with Crippen molar-refractivity contribution in [2.24, 2.45) is 0 Å². The van der Waals surface area contributed by atoms with Gasteiger partial charge in [-0.05, 0) is 31.5 Å². The standard InChI is InChI=1S/C17H19F3N6O2/c1-11(8-25-6-2-3-15(25)27)23-16(28)24-14-5-4-12(26-10-21-9-22-26)7-13(14)17(18,19)20/h4-5,7,9-11H,2-3,6,8H2,1H3,(H2,23,24,28). The maximum absolute atomic E-state index is 13.4. The molecule has 1 unspecified atom stereocenters. The van der Waals surface area contributed by atoms with Gasteiger partial charge in [0.15, 0.2) is 0 Å². The van der Waals surface area contributed by atoms with Crippen molar-refractivity contribution < 1.29 is 22.8 Å². The fraction of sp³-hybridized carbons (Fsp3) is 0.412. The summed E-state index contributed by atoms with van der Waals surface area (Å²) in [6.45, 7) is 2.61. The Bertz CT molecular complexity index is 853. The summed E-state index contributed by atoms with van der Waals surface area (Å²) < 4.78 is 41.5. The number of carbonyl (C=O) groups excluding carboxylic acids is 2. The molecule has 2 aromatic rings. The predicted octanol–water partition coefficient (Wildman–Crippen LogP) is 2.42. The van der Waals surface area contributed by atoms with E-state index in [1.807, 2.05) is 0 Å². The molecule has 0 saturated carbocycles. The lowest BCUT2D eigenvalue weighted by atomic mass is 10.1. The second-order valence-corrected chi connectivity index (χ2v) is 6.51. The fourth-order valence-electron chi connectivity index (χ4n) is 3.02. The minimum Gasteiger partial charge on any atom is -0.341 e. The van der Waals surface area contributed by atoms with Crippen LogP contribution in [-0.4, -0.2) is 50.7 Å². The van der Waals surface area contributed by atoms with E-state index in [1.54, 1.807) is 11.8 Å². The number of alkyl halides is 3. The number of halogens is 3. The topological polar surface area (TPSA) is 92.2 Å². The van der Waals surface area contributed by atoms with Gasteiger partial charge in [-0.25, -0.2) is 14.5 Å². The van der Waals surface area contributed by atoms with Crippen LogP contribution in [0.3, 0.4) is 0 Å². The Morgan fingerprint density at radius 3 is 2.75 bits per heavy atom. The molecule has 1 saturated heterocycles. The quantitative estimate of drug-likeness (QED) is 0.812. The van der Waals surface area contributed by atoms with Gasteiger partial charge in [0.25, 0.3) is 0 Å². The fourth-order valence-corrected chi connectivity index (χ4v) is 3.02. The Morgan fingerprint density at radius 2 is 2.14 bits per heavy atom. The second-order valence-electron chi connectivity index (χ2n) is 6.51. The third kappa shape index (κ3) is 4.59. The summed E-state index contributed by atoms with van der Waals surface area (Å²) in [5, 5.41) is 8.60.